The summed E-state index contributed by atoms with van der Waals surface area (Å²) in [7, 11) is 0. The maximum atomic E-state index is 10.2. The molecule has 1 saturated carbocycles. The van der Waals surface area contributed by atoms with Gasteiger partial charge in [0, 0.05) is 5.92 Å². The molecule has 0 bridgehead atoms. The SMILES string of the molecule is CCC(O)[C@@H]1CC1OC(N)=O. The molecule has 0 aliphatic heterocycles. The van der Waals surface area contributed by atoms with Crippen molar-refractivity contribution in [1.82, 2.24) is 0 Å². The predicted molar refractivity (Wildman–Crippen MR) is 38.9 cm³/mol. The molecule has 0 heterocycles. The van der Waals surface area contributed by atoms with E-state index in [1.165, 1.54) is 0 Å². The zero-order valence-electron chi connectivity index (χ0n) is 6.49. The Balaban J connectivity index is 2.20. The first kappa shape index (κ1) is 8.33. The number of rotatable bonds is 3. The molecule has 3 N–H and O–H groups in total. The van der Waals surface area contributed by atoms with E-state index in [2.05, 4.69) is 4.74 Å². The summed E-state index contributed by atoms with van der Waals surface area (Å²) in [5.74, 6) is 0.118. The van der Waals surface area contributed by atoms with Crippen LogP contribution in [-0.4, -0.2) is 23.4 Å². The molecule has 0 spiro atoms. The zero-order chi connectivity index (χ0) is 8.43. The number of aliphatic hydroxyl groups is 1. The van der Waals surface area contributed by atoms with Crippen LogP contribution in [0.5, 0.6) is 0 Å². The lowest BCUT2D eigenvalue weighted by Crippen LogP contribution is -2.18. The summed E-state index contributed by atoms with van der Waals surface area (Å²) < 4.78 is 4.68. The van der Waals surface area contributed by atoms with Gasteiger partial charge < -0.3 is 15.6 Å². The van der Waals surface area contributed by atoms with E-state index in [-0.39, 0.29) is 18.1 Å². The first-order valence-electron chi connectivity index (χ1n) is 3.79. The van der Waals surface area contributed by atoms with Crippen LogP contribution in [0.2, 0.25) is 0 Å². The summed E-state index contributed by atoms with van der Waals surface area (Å²) in [6.07, 6.45) is 0.212. The largest absolute Gasteiger partial charge is 0.446 e. The molecule has 1 aliphatic rings. The summed E-state index contributed by atoms with van der Waals surface area (Å²) in [6.45, 7) is 1.89. The van der Waals surface area contributed by atoms with Crippen molar-refractivity contribution >= 4 is 6.09 Å². The van der Waals surface area contributed by atoms with Crippen LogP contribution >= 0.6 is 0 Å². The average molecular weight is 159 g/mol. The predicted octanol–water partition coefficient (Wildman–Crippen LogP) is 0.241. The summed E-state index contributed by atoms with van der Waals surface area (Å²) in [4.78, 5) is 10.2. The summed E-state index contributed by atoms with van der Waals surface area (Å²) in [5.41, 5.74) is 4.79. The van der Waals surface area contributed by atoms with E-state index in [0.717, 1.165) is 6.42 Å². The third kappa shape index (κ3) is 2.08. The molecule has 1 aliphatic carbocycles. The Labute approximate surface area is 65.3 Å². The van der Waals surface area contributed by atoms with Crippen LogP contribution in [0.1, 0.15) is 19.8 Å². The maximum absolute atomic E-state index is 10.2. The minimum Gasteiger partial charge on any atom is -0.446 e. The number of ether oxygens (including phenoxy) is 1. The number of nitrogens with two attached hydrogens (primary N) is 1. The van der Waals surface area contributed by atoms with Crippen LogP contribution in [0, 0.1) is 5.92 Å². The molecule has 0 saturated heterocycles. The number of amides is 1. The lowest BCUT2D eigenvalue weighted by atomic mass is 10.2. The maximum Gasteiger partial charge on any atom is 0.404 e. The minimum atomic E-state index is -0.749. The summed E-state index contributed by atoms with van der Waals surface area (Å²) in [6, 6.07) is 0. The van der Waals surface area contributed by atoms with E-state index in [1.807, 2.05) is 6.92 Å². The van der Waals surface area contributed by atoms with Crippen molar-refractivity contribution in [2.75, 3.05) is 0 Å². The summed E-state index contributed by atoms with van der Waals surface area (Å²) in [5, 5.41) is 9.25. The fraction of sp³-hybridized carbons (Fsp3) is 0.857. The number of hydrogen-bond donors (Lipinski definition) is 2. The van der Waals surface area contributed by atoms with Crippen LogP contribution in [0.4, 0.5) is 4.79 Å². The molecule has 1 amide bonds. The highest BCUT2D eigenvalue weighted by atomic mass is 16.6. The van der Waals surface area contributed by atoms with Gasteiger partial charge in [-0.15, -0.1) is 0 Å². The number of hydrogen-bond acceptors (Lipinski definition) is 3. The lowest BCUT2D eigenvalue weighted by Gasteiger charge is -2.05. The minimum absolute atomic E-state index is 0.118. The quantitative estimate of drug-likeness (QED) is 0.619. The second-order valence-electron chi connectivity index (χ2n) is 2.85. The van der Waals surface area contributed by atoms with Crippen molar-refractivity contribution < 1.29 is 14.6 Å². The number of aliphatic hydroxyl groups excluding tert-OH is 1. The molecule has 3 atom stereocenters. The molecule has 4 nitrogen and oxygen atoms in total. The monoisotopic (exact) mass is 159 g/mol. The van der Waals surface area contributed by atoms with E-state index in [4.69, 9.17) is 5.73 Å². The Morgan fingerprint density at radius 1 is 1.91 bits per heavy atom. The van der Waals surface area contributed by atoms with Gasteiger partial charge in [0.1, 0.15) is 6.10 Å². The average Bonchev–Trinajstić information content (AvgIpc) is 2.65. The van der Waals surface area contributed by atoms with E-state index in [0.29, 0.717) is 6.42 Å². The van der Waals surface area contributed by atoms with Crippen molar-refractivity contribution in [3.8, 4) is 0 Å². The van der Waals surface area contributed by atoms with Gasteiger partial charge in [-0.25, -0.2) is 4.79 Å². The van der Waals surface area contributed by atoms with E-state index < -0.39 is 6.09 Å². The molecule has 4 heteroatoms. The van der Waals surface area contributed by atoms with E-state index in [9.17, 15) is 9.90 Å². The number of primary amides is 1. The van der Waals surface area contributed by atoms with Gasteiger partial charge in [-0.3, -0.25) is 0 Å². The van der Waals surface area contributed by atoms with E-state index >= 15 is 0 Å². The fourth-order valence-electron chi connectivity index (χ4n) is 1.18. The molecule has 0 aromatic rings. The van der Waals surface area contributed by atoms with Gasteiger partial charge in [0.15, 0.2) is 0 Å². The van der Waals surface area contributed by atoms with Crippen molar-refractivity contribution in [3.05, 3.63) is 0 Å². The Bertz CT molecular complexity index is 160. The number of carbonyl (C=O) groups excluding carboxylic acids is 1. The first-order valence-corrected chi connectivity index (χ1v) is 3.79. The van der Waals surface area contributed by atoms with E-state index in [1.54, 1.807) is 0 Å². The molecule has 11 heavy (non-hydrogen) atoms. The molecular formula is C7H13NO3. The van der Waals surface area contributed by atoms with Gasteiger partial charge in [0.2, 0.25) is 0 Å². The van der Waals surface area contributed by atoms with Gasteiger partial charge in [-0.05, 0) is 12.8 Å². The van der Waals surface area contributed by atoms with Crippen LogP contribution in [0.25, 0.3) is 0 Å². The Morgan fingerprint density at radius 2 is 2.55 bits per heavy atom. The second-order valence-corrected chi connectivity index (χ2v) is 2.85. The smallest absolute Gasteiger partial charge is 0.404 e. The van der Waals surface area contributed by atoms with Crippen LogP contribution in [0.3, 0.4) is 0 Å². The molecule has 1 rings (SSSR count). The highest BCUT2D eigenvalue weighted by molar-refractivity contribution is 5.65. The lowest BCUT2D eigenvalue weighted by molar-refractivity contribution is 0.102. The molecule has 0 aromatic carbocycles. The first-order chi connectivity index (χ1) is 5.15. The zero-order valence-corrected chi connectivity index (χ0v) is 6.49. The van der Waals surface area contributed by atoms with Gasteiger partial charge in [0.25, 0.3) is 0 Å². The molecule has 1 fully saturated rings. The highest BCUT2D eigenvalue weighted by Crippen LogP contribution is 2.37. The van der Waals surface area contributed by atoms with Crippen LogP contribution in [-0.2, 0) is 4.74 Å². The second kappa shape index (κ2) is 3.09. The molecule has 0 radical (unpaired) electrons. The third-order valence-electron chi connectivity index (χ3n) is 1.96. The molecular weight excluding hydrogens is 146 g/mol. The third-order valence-corrected chi connectivity index (χ3v) is 1.96. The molecule has 64 valence electrons. The standard InChI is InChI=1S/C7H13NO3/c1-2-5(9)4-3-6(4)11-7(8)10/h4-6,9H,2-3H2,1H3,(H2,8,10)/t4-,5?,6?/m0/s1. The summed E-state index contributed by atoms with van der Waals surface area (Å²) >= 11 is 0. The fourth-order valence-corrected chi connectivity index (χ4v) is 1.18. The Kier molecular flexibility index (Phi) is 2.34. The highest BCUT2D eigenvalue weighted by Gasteiger charge is 2.44. The van der Waals surface area contributed by atoms with Crippen molar-refractivity contribution in [2.24, 2.45) is 11.7 Å². The number of carbonyl (C=O) groups is 1. The van der Waals surface area contributed by atoms with Crippen molar-refractivity contribution in [1.29, 1.82) is 0 Å². The van der Waals surface area contributed by atoms with Gasteiger partial charge in [0.05, 0.1) is 6.10 Å². The van der Waals surface area contributed by atoms with Crippen LogP contribution < -0.4 is 5.73 Å². The van der Waals surface area contributed by atoms with Gasteiger partial charge in [-0.2, -0.15) is 0 Å². The van der Waals surface area contributed by atoms with Gasteiger partial charge in [-0.1, -0.05) is 6.92 Å². The molecule has 0 aromatic heterocycles. The Morgan fingerprint density at radius 3 is 3.00 bits per heavy atom. The van der Waals surface area contributed by atoms with Crippen molar-refractivity contribution in [2.45, 2.75) is 32.0 Å². The van der Waals surface area contributed by atoms with Gasteiger partial charge >= 0.3 is 6.09 Å². The normalized spacial score (nSPS) is 31.1. The Hall–Kier alpha value is -0.770. The molecule has 2 unspecified atom stereocenters. The van der Waals surface area contributed by atoms with Crippen LogP contribution in [0.15, 0.2) is 0 Å². The van der Waals surface area contributed by atoms with Crippen molar-refractivity contribution in [3.63, 3.8) is 0 Å². The topological polar surface area (TPSA) is 72.6 Å².